The van der Waals surface area contributed by atoms with Crippen molar-refractivity contribution in [3.05, 3.63) is 34.9 Å². The first kappa shape index (κ1) is 11.6. The van der Waals surface area contributed by atoms with Crippen molar-refractivity contribution in [3.63, 3.8) is 0 Å². The van der Waals surface area contributed by atoms with E-state index in [9.17, 15) is 9.67 Å². The number of aliphatic hydroxyl groups excluding tert-OH is 1. The van der Waals surface area contributed by atoms with Crippen molar-refractivity contribution in [3.8, 4) is 0 Å². The first-order valence-electron chi connectivity index (χ1n) is 4.12. The molecule has 0 aliphatic rings. The molecule has 0 spiro atoms. The monoisotopic (exact) mass is 232 g/mol. The highest BCUT2D eigenvalue weighted by atomic mass is 35.5. The molecule has 0 saturated carbocycles. The fraction of sp³-hybridized carbons (Fsp3) is 0.333. The number of benzene rings is 1. The van der Waals surface area contributed by atoms with E-state index in [-0.39, 0.29) is 15.3 Å². The maximum absolute atomic E-state index is 9.95. The average Bonchev–Trinajstić information content (AvgIpc) is 2.18. The fourth-order valence-corrected chi connectivity index (χ4v) is 1.46. The Morgan fingerprint density at radius 3 is 3.00 bits per heavy atom. The SMILES string of the molecule is O=POCC[C@H](O)c1cccc(Cl)c1. The highest BCUT2D eigenvalue weighted by Gasteiger charge is 2.07. The van der Waals surface area contributed by atoms with Crippen molar-refractivity contribution >= 4 is 20.3 Å². The van der Waals surface area contributed by atoms with Crippen molar-refractivity contribution in [2.24, 2.45) is 0 Å². The van der Waals surface area contributed by atoms with E-state index in [2.05, 4.69) is 4.52 Å². The second-order valence-electron chi connectivity index (χ2n) is 2.77. The zero-order chi connectivity index (χ0) is 10.4. The van der Waals surface area contributed by atoms with Crippen LogP contribution in [0.1, 0.15) is 18.1 Å². The molecule has 0 aliphatic carbocycles. The molecule has 0 heterocycles. The van der Waals surface area contributed by atoms with E-state index in [1.807, 2.05) is 0 Å². The maximum Gasteiger partial charge on any atom is 0.327 e. The zero-order valence-corrected chi connectivity index (χ0v) is 9.04. The molecule has 3 nitrogen and oxygen atoms in total. The smallest absolute Gasteiger partial charge is 0.327 e. The van der Waals surface area contributed by atoms with Crippen LogP contribution >= 0.6 is 20.3 Å². The van der Waals surface area contributed by atoms with Crippen LogP contribution in [0.25, 0.3) is 0 Å². The summed E-state index contributed by atoms with van der Waals surface area (Å²) < 4.78 is 14.5. The largest absolute Gasteiger partial charge is 0.388 e. The van der Waals surface area contributed by atoms with E-state index in [4.69, 9.17) is 11.6 Å². The van der Waals surface area contributed by atoms with Crippen LogP contribution < -0.4 is 0 Å². The minimum absolute atomic E-state index is 0.249. The Labute approximate surface area is 88.9 Å². The van der Waals surface area contributed by atoms with Crippen LogP contribution in [0.5, 0.6) is 0 Å². The number of aliphatic hydroxyl groups is 1. The van der Waals surface area contributed by atoms with E-state index in [1.165, 1.54) is 0 Å². The molecule has 1 aromatic carbocycles. The van der Waals surface area contributed by atoms with Crippen molar-refractivity contribution in [1.82, 2.24) is 0 Å². The molecular weight excluding hydrogens is 223 g/mol. The molecule has 0 bridgehead atoms. The normalized spacial score (nSPS) is 13.0. The molecule has 1 atom stereocenters. The summed E-state index contributed by atoms with van der Waals surface area (Å²) in [5.41, 5.74) is 0.740. The van der Waals surface area contributed by atoms with Crippen LogP contribution in [0.2, 0.25) is 5.02 Å². The summed E-state index contributed by atoms with van der Waals surface area (Å²) in [4.78, 5) is 0. The van der Waals surface area contributed by atoms with Crippen molar-refractivity contribution in [2.45, 2.75) is 12.5 Å². The van der Waals surface area contributed by atoms with Gasteiger partial charge in [-0.3, -0.25) is 4.52 Å². The van der Waals surface area contributed by atoms with Crippen molar-refractivity contribution in [1.29, 1.82) is 0 Å². The Balaban J connectivity index is 2.51. The lowest BCUT2D eigenvalue weighted by Gasteiger charge is -2.09. The van der Waals surface area contributed by atoms with E-state index < -0.39 is 6.10 Å². The minimum Gasteiger partial charge on any atom is -0.388 e. The lowest BCUT2D eigenvalue weighted by Crippen LogP contribution is -2.00. The van der Waals surface area contributed by atoms with Gasteiger partial charge in [-0.1, -0.05) is 23.7 Å². The van der Waals surface area contributed by atoms with Gasteiger partial charge in [-0.25, -0.2) is 4.57 Å². The highest BCUT2D eigenvalue weighted by molar-refractivity contribution is 7.17. The van der Waals surface area contributed by atoms with Crippen LogP contribution in [0, 0.1) is 0 Å². The highest BCUT2D eigenvalue weighted by Crippen LogP contribution is 2.20. The molecule has 0 unspecified atom stereocenters. The van der Waals surface area contributed by atoms with Gasteiger partial charge in [0.2, 0.25) is 0 Å². The Morgan fingerprint density at radius 2 is 2.36 bits per heavy atom. The summed E-state index contributed by atoms with van der Waals surface area (Å²) in [6.45, 7) is 0.249. The molecule has 1 aromatic rings. The maximum atomic E-state index is 9.95. The quantitative estimate of drug-likeness (QED) is 0.627. The van der Waals surface area contributed by atoms with E-state index in [1.54, 1.807) is 24.3 Å². The topological polar surface area (TPSA) is 46.5 Å². The molecule has 76 valence electrons. The molecule has 0 saturated heterocycles. The number of rotatable bonds is 5. The second kappa shape index (κ2) is 6.10. The summed E-state index contributed by atoms with van der Waals surface area (Å²) in [7, 11) is -0.360. The summed E-state index contributed by atoms with van der Waals surface area (Å²) in [6, 6.07) is 6.99. The van der Waals surface area contributed by atoms with Crippen LogP contribution in [0.4, 0.5) is 0 Å². The van der Waals surface area contributed by atoms with Crippen LogP contribution in [-0.2, 0) is 9.09 Å². The number of hydrogen-bond acceptors (Lipinski definition) is 3. The van der Waals surface area contributed by atoms with Crippen molar-refractivity contribution < 1.29 is 14.2 Å². The average molecular weight is 233 g/mol. The van der Waals surface area contributed by atoms with Gasteiger partial charge in [-0.2, -0.15) is 0 Å². The summed E-state index contributed by atoms with van der Waals surface area (Å²) >= 11 is 5.76. The molecule has 0 aromatic heterocycles. The van der Waals surface area contributed by atoms with Gasteiger partial charge in [0, 0.05) is 11.4 Å². The van der Waals surface area contributed by atoms with E-state index in [0.717, 1.165) is 5.56 Å². The van der Waals surface area contributed by atoms with E-state index in [0.29, 0.717) is 11.4 Å². The molecule has 0 aliphatic heterocycles. The molecular formula is C9H10ClO3P. The van der Waals surface area contributed by atoms with Gasteiger partial charge < -0.3 is 5.11 Å². The Morgan fingerprint density at radius 1 is 1.57 bits per heavy atom. The van der Waals surface area contributed by atoms with Gasteiger partial charge in [0.25, 0.3) is 0 Å². The predicted molar refractivity (Wildman–Crippen MR) is 54.6 cm³/mol. The Kier molecular flexibility index (Phi) is 5.05. The number of halogens is 1. The van der Waals surface area contributed by atoms with Gasteiger partial charge in [-0.15, -0.1) is 0 Å². The van der Waals surface area contributed by atoms with Crippen LogP contribution in [0.15, 0.2) is 24.3 Å². The van der Waals surface area contributed by atoms with Gasteiger partial charge in [-0.05, 0) is 17.7 Å². The van der Waals surface area contributed by atoms with Gasteiger partial charge in [0.15, 0.2) is 0 Å². The molecule has 1 N–H and O–H groups in total. The predicted octanol–water partition coefficient (Wildman–Crippen LogP) is 2.99. The molecule has 0 radical (unpaired) electrons. The second-order valence-corrected chi connectivity index (χ2v) is 3.61. The van der Waals surface area contributed by atoms with Gasteiger partial charge in [0.05, 0.1) is 12.7 Å². The molecule has 0 fully saturated rings. The van der Waals surface area contributed by atoms with Gasteiger partial charge >= 0.3 is 8.69 Å². The minimum atomic E-state index is -0.629. The lowest BCUT2D eigenvalue weighted by molar-refractivity contribution is 0.144. The third kappa shape index (κ3) is 3.72. The summed E-state index contributed by atoms with van der Waals surface area (Å²) in [5, 5.41) is 10.2. The van der Waals surface area contributed by atoms with Crippen LogP contribution in [-0.4, -0.2) is 11.7 Å². The lowest BCUT2D eigenvalue weighted by atomic mass is 10.1. The van der Waals surface area contributed by atoms with E-state index >= 15 is 0 Å². The van der Waals surface area contributed by atoms with Crippen molar-refractivity contribution in [2.75, 3.05) is 6.61 Å². The number of hydrogen-bond donors (Lipinski definition) is 1. The molecule has 14 heavy (non-hydrogen) atoms. The standard InChI is InChI=1S/C9H10ClO3P/c10-8-3-1-2-7(6-8)9(11)4-5-13-14-12/h1-3,6,9,11H,4-5H2/t9-/m0/s1. The summed E-state index contributed by atoms with van der Waals surface area (Å²) in [6.07, 6.45) is -0.231. The Hall–Kier alpha value is -0.470. The molecule has 1 rings (SSSR count). The van der Waals surface area contributed by atoms with Gasteiger partial charge in [0.1, 0.15) is 0 Å². The molecule has 0 amide bonds. The van der Waals surface area contributed by atoms with Crippen LogP contribution in [0.3, 0.4) is 0 Å². The third-order valence-corrected chi connectivity index (χ3v) is 2.29. The zero-order valence-electron chi connectivity index (χ0n) is 7.39. The Bertz CT molecular complexity index is 306. The first-order chi connectivity index (χ1) is 6.74. The third-order valence-electron chi connectivity index (χ3n) is 1.77. The summed E-state index contributed by atoms with van der Waals surface area (Å²) in [5.74, 6) is 0. The fourth-order valence-electron chi connectivity index (χ4n) is 1.08. The molecule has 5 heteroatoms. The first-order valence-corrected chi connectivity index (χ1v) is 5.23.